The van der Waals surface area contributed by atoms with E-state index in [0.717, 1.165) is 16.9 Å². The first-order chi connectivity index (χ1) is 37.7. The van der Waals surface area contributed by atoms with Gasteiger partial charge in [0.2, 0.25) is 17.7 Å². The van der Waals surface area contributed by atoms with Crippen LogP contribution in [0.25, 0.3) is 0 Å². The second-order valence-corrected chi connectivity index (χ2v) is 23.2. The highest BCUT2D eigenvalue weighted by atomic mass is 32.2. The van der Waals surface area contributed by atoms with Gasteiger partial charge in [0.05, 0.1) is 30.4 Å². The summed E-state index contributed by atoms with van der Waals surface area (Å²) >= 11 is 2.51. The molecule has 23 heteroatoms. The third-order valence-electron chi connectivity index (χ3n) is 14.3. The molecule has 1 heterocycles. The molecule has 0 aliphatic rings. The molecule has 80 heavy (non-hydrogen) atoms. The molecule has 3 unspecified atom stereocenters. The number of carboxylic acid groups (broad SMARTS) is 1. The number of aliphatic carboxylic acids is 1. The second-order valence-electron chi connectivity index (χ2n) is 21.4. The molecule has 7 atom stereocenters. The van der Waals surface area contributed by atoms with Crippen molar-refractivity contribution in [1.82, 2.24) is 36.1 Å². The molecule has 0 saturated carbocycles. The Balaban J connectivity index is 2.08. The van der Waals surface area contributed by atoms with Crippen LogP contribution < -0.4 is 26.0 Å². The van der Waals surface area contributed by atoms with Crippen LogP contribution in [-0.4, -0.2) is 177 Å². The molecule has 0 saturated heterocycles. The number of Topliss-reactive ketones (excluding diaryl/α,β-unsaturated/α-hetero) is 2. The molecular formula is C57H91N7O14S2. The average molecular weight is 1160 g/mol. The molecule has 0 radical (unpaired) electrons. The van der Waals surface area contributed by atoms with Crippen LogP contribution in [0.4, 0.5) is 0 Å². The van der Waals surface area contributed by atoms with Crippen molar-refractivity contribution in [1.29, 1.82) is 0 Å². The summed E-state index contributed by atoms with van der Waals surface area (Å²) in [6.07, 6.45) is 3.92. The van der Waals surface area contributed by atoms with E-state index in [2.05, 4.69) is 26.3 Å². The van der Waals surface area contributed by atoms with Gasteiger partial charge in [0.1, 0.15) is 28.8 Å². The zero-order chi connectivity index (χ0) is 60.1. The number of aromatic nitrogens is 1. The molecule has 450 valence electrons. The lowest BCUT2D eigenvalue weighted by molar-refractivity contribution is -0.150. The highest BCUT2D eigenvalue weighted by Gasteiger charge is 2.39. The number of hydrogen-bond acceptors (Lipinski definition) is 17. The van der Waals surface area contributed by atoms with E-state index >= 15 is 0 Å². The van der Waals surface area contributed by atoms with Crippen molar-refractivity contribution < 1.29 is 67.2 Å². The van der Waals surface area contributed by atoms with Crippen molar-refractivity contribution in [3.05, 3.63) is 45.9 Å². The van der Waals surface area contributed by atoms with E-state index in [-0.39, 0.29) is 105 Å². The molecule has 5 N–H and O–H groups in total. The Morgan fingerprint density at radius 3 is 2.10 bits per heavy atom. The second kappa shape index (κ2) is 36.8. The predicted octanol–water partition coefficient (Wildman–Crippen LogP) is 5.53. The summed E-state index contributed by atoms with van der Waals surface area (Å²) in [4.78, 5) is 125. The van der Waals surface area contributed by atoms with Crippen LogP contribution in [0.15, 0.2) is 29.6 Å². The summed E-state index contributed by atoms with van der Waals surface area (Å²) in [7, 11) is 6.92. The van der Waals surface area contributed by atoms with Crippen molar-refractivity contribution in [2.45, 2.75) is 137 Å². The molecule has 2 aromatic rings. The van der Waals surface area contributed by atoms with Crippen molar-refractivity contribution >= 4 is 76.1 Å². The quantitative estimate of drug-likeness (QED) is 0.0404. The van der Waals surface area contributed by atoms with Gasteiger partial charge in [-0.15, -0.1) is 11.3 Å². The minimum atomic E-state index is -1.04. The predicted molar refractivity (Wildman–Crippen MR) is 308 cm³/mol. The largest absolute Gasteiger partial charge is 0.484 e. The number of carbonyl (C=O) groups excluding carboxylic acids is 8. The van der Waals surface area contributed by atoms with Gasteiger partial charge in [0, 0.05) is 89.3 Å². The van der Waals surface area contributed by atoms with Crippen LogP contribution >= 0.6 is 23.1 Å². The fraction of sp³-hybridized carbons (Fsp3) is 0.684. The number of thiazole rings is 1. The molecule has 0 aliphatic heterocycles. The number of thioether (sulfide) groups is 1. The number of methoxy groups -OCH3 is 1. The smallest absolute Gasteiger partial charge is 0.306 e. The Labute approximate surface area is 481 Å². The van der Waals surface area contributed by atoms with Gasteiger partial charge >= 0.3 is 11.9 Å². The fourth-order valence-corrected chi connectivity index (χ4v) is 9.90. The van der Waals surface area contributed by atoms with Crippen molar-refractivity contribution in [2.75, 3.05) is 86.3 Å². The highest BCUT2D eigenvalue weighted by molar-refractivity contribution is 7.99. The Bertz CT molecular complexity index is 2300. The van der Waals surface area contributed by atoms with Gasteiger partial charge in [-0.05, 0) is 89.4 Å². The maximum atomic E-state index is 14.3. The number of likely N-dealkylation sites (N-methyl/N-ethyl adjacent to an activating group) is 1. The molecule has 21 nitrogen and oxygen atoms in total. The van der Waals surface area contributed by atoms with Gasteiger partial charge in [-0.1, -0.05) is 59.6 Å². The molecule has 0 bridgehead atoms. The minimum Gasteiger partial charge on any atom is -0.484 e. The van der Waals surface area contributed by atoms with E-state index < -0.39 is 65.2 Å². The first kappa shape index (κ1) is 70.6. The monoisotopic (exact) mass is 1160 g/mol. The number of ketones is 2. The molecule has 1 aromatic carbocycles. The van der Waals surface area contributed by atoms with Gasteiger partial charge in [-0.2, -0.15) is 11.8 Å². The molecule has 5 amide bonds. The third kappa shape index (κ3) is 25.5. The standard InChI is InChI=1S/C57H91N7O14S2/c1-14-37(4)45(30-49(67)57(7,8)63(9)10)55(72)64(11)47(36(2)3)31-48(78-39(6)65)54-62-46(35-80-54)53(71)61-42(27-38(5)56(73)74)28-40-18-20-44(21-19-40)77-33-51(69)59-23-24-60-52(70)41(29-43(66)34-79-13)17-15-16-22-58-50(68)32-76-26-25-75-12/h18-21,35-38,41-42,45,47-48H,14-17,22-34H2,1-13H3,(H,58,68)(H,59,69)(H,60,70)(H,61,71)(H,73,74)/t37?,38?,41?,42-,45+,47-,48-/m1/s1. The lowest BCUT2D eigenvalue weighted by atomic mass is 9.81. The number of rotatable bonds is 41. The first-order valence-electron chi connectivity index (χ1n) is 27.5. The molecule has 1 aromatic heterocycles. The maximum absolute atomic E-state index is 14.3. The molecule has 0 fully saturated rings. The Morgan fingerprint density at radius 1 is 0.850 bits per heavy atom. The number of benzene rings is 1. The molecule has 0 spiro atoms. The fourth-order valence-electron chi connectivity index (χ4n) is 8.62. The number of ether oxygens (including phenoxy) is 4. The minimum absolute atomic E-state index is 0.0389. The Kier molecular flexibility index (Phi) is 32.5. The van der Waals surface area contributed by atoms with Gasteiger partial charge in [-0.25, -0.2) is 4.98 Å². The van der Waals surface area contributed by atoms with Gasteiger partial charge in [0.15, 0.2) is 18.5 Å². The number of carboxylic acids is 1. The van der Waals surface area contributed by atoms with Crippen molar-refractivity contribution in [2.24, 2.45) is 29.6 Å². The lowest BCUT2D eigenvalue weighted by Crippen LogP contribution is -2.50. The normalized spacial score (nSPS) is 14.2. The van der Waals surface area contributed by atoms with Crippen LogP contribution in [0.5, 0.6) is 5.75 Å². The van der Waals surface area contributed by atoms with Gasteiger partial charge in [-0.3, -0.25) is 48.1 Å². The van der Waals surface area contributed by atoms with Gasteiger partial charge in [0.25, 0.3) is 11.8 Å². The number of nitrogens with zero attached hydrogens (tertiary/aromatic N) is 3. The number of carbonyl (C=O) groups is 9. The maximum Gasteiger partial charge on any atom is 0.306 e. The Hall–Kier alpha value is -5.49. The number of esters is 1. The molecule has 2 rings (SSSR count). The first-order valence-corrected chi connectivity index (χ1v) is 29.8. The van der Waals surface area contributed by atoms with E-state index in [1.165, 1.54) is 18.7 Å². The van der Waals surface area contributed by atoms with Crippen molar-refractivity contribution in [3.63, 3.8) is 0 Å². The van der Waals surface area contributed by atoms with E-state index in [9.17, 15) is 48.3 Å². The zero-order valence-corrected chi connectivity index (χ0v) is 51.1. The van der Waals surface area contributed by atoms with E-state index in [1.807, 2.05) is 66.8 Å². The van der Waals surface area contributed by atoms with Crippen LogP contribution in [0.1, 0.15) is 134 Å². The van der Waals surface area contributed by atoms with Crippen LogP contribution in [0.3, 0.4) is 0 Å². The Morgan fingerprint density at radius 2 is 1.50 bits per heavy atom. The number of hydrogen-bond donors (Lipinski definition) is 5. The van der Waals surface area contributed by atoms with Gasteiger partial charge < -0.3 is 50.2 Å². The van der Waals surface area contributed by atoms with E-state index in [4.69, 9.17) is 18.9 Å². The zero-order valence-electron chi connectivity index (χ0n) is 49.4. The summed E-state index contributed by atoms with van der Waals surface area (Å²) in [5.74, 6) is -4.87. The van der Waals surface area contributed by atoms with Crippen LogP contribution in [-0.2, 0) is 59.0 Å². The number of nitrogens with one attached hydrogen (secondary N) is 4. The summed E-state index contributed by atoms with van der Waals surface area (Å²) in [6.45, 7) is 15.4. The summed E-state index contributed by atoms with van der Waals surface area (Å²) in [5, 5.41) is 22.9. The highest BCUT2D eigenvalue weighted by Crippen LogP contribution is 2.33. The van der Waals surface area contributed by atoms with E-state index in [1.54, 1.807) is 55.6 Å². The van der Waals surface area contributed by atoms with Crippen LogP contribution in [0, 0.1) is 29.6 Å². The third-order valence-corrected chi connectivity index (χ3v) is 15.8. The van der Waals surface area contributed by atoms with Crippen LogP contribution in [0.2, 0.25) is 0 Å². The molecular weight excluding hydrogens is 1070 g/mol. The molecule has 0 aliphatic carbocycles. The summed E-state index contributed by atoms with van der Waals surface area (Å²) in [5.41, 5.74) is 0.00940. The lowest BCUT2D eigenvalue weighted by Gasteiger charge is -2.38. The average Bonchev–Trinajstić information content (AvgIpc) is 3.91. The van der Waals surface area contributed by atoms with E-state index in [0.29, 0.717) is 62.0 Å². The number of amides is 5. The number of unbranched alkanes of at least 4 members (excludes halogenated alkanes) is 1. The van der Waals surface area contributed by atoms with Crippen molar-refractivity contribution in [3.8, 4) is 5.75 Å². The summed E-state index contributed by atoms with van der Waals surface area (Å²) in [6, 6.07) is 5.71. The SMILES string of the molecule is CCC(C)[C@H](CC(=O)C(C)(C)N(C)C)C(=O)N(C)[C@H](C[C@@H](OC(C)=O)c1nc(C(=O)N[C@@H](Cc2ccc(OCC(=O)NCCNC(=O)C(CCCCNC(=O)COCCOC)CC(=O)CSC)cc2)CC(C)C(=O)O)cs1)C(C)C. The summed E-state index contributed by atoms with van der Waals surface area (Å²) < 4.78 is 21.6. The topological polar surface area (TPSA) is 278 Å².